The van der Waals surface area contributed by atoms with E-state index in [9.17, 15) is 22.8 Å². The Morgan fingerprint density at radius 3 is 2.26 bits per heavy atom. The molecule has 0 aliphatic carbocycles. The number of carbonyl (C=O) groups is 2. The molecule has 0 aliphatic heterocycles. The maximum atomic E-state index is 14.0. The molecular weight excluding hydrogens is 361 g/mol. The van der Waals surface area contributed by atoms with Crippen LogP contribution in [0.4, 0.5) is 13.2 Å². The smallest absolute Gasteiger partial charge is 0.307 e. The summed E-state index contributed by atoms with van der Waals surface area (Å²) in [7, 11) is 1.49. The minimum absolute atomic E-state index is 0.171. The number of rotatable bonds is 7. The first kappa shape index (κ1) is 23.0. The lowest BCUT2D eigenvalue weighted by Gasteiger charge is -2.29. The van der Waals surface area contributed by atoms with Crippen molar-refractivity contribution >= 4 is 11.9 Å². The minimum Gasteiger partial charge on any atom is -0.460 e. The highest BCUT2D eigenvalue weighted by molar-refractivity contribution is 5.84. The summed E-state index contributed by atoms with van der Waals surface area (Å²) in [4.78, 5) is 26.3. The molecule has 2 atom stereocenters. The SMILES string of the molecule is C[C@@H](CN)N(C)C(=O)[C@@H](CC(=O)OC(C)(C)C)Cc1c(F)ccc(F)c1F. The molecule has 8 heteroatoms. The van der Waals surface area contributed by atoms with Crippen LogP contribution in [0.2, 0.25) is 0 Å². The molecule has 0 saturated heterocycles. The molecule has 1 aromatic rings. The Morgan fingerprint density at radius 2 is 1.74 bits per heavy atom. The van der Waals surface area contributed by atoms with E-state index in [0.717, 1.165) is 6.07 Å². The predicted molar refractivity (Wildman–Crippen MR) is 95.3 cm³/mol. The van der Waals surface area contributed by atoms with Crippen LogP contribution >= 0.6 is 0 Å². The van der Waals surface area contributed by atoms with E-state index >= 15 is 0 Å². The van der Waals surface area contributed by atoms with E-state index in [-0.39, 0.29) is 12.6 Å². The van der Waals surface area contributed by atoms with Crippen LogP contribution in [0.15, 0.2) is 12.1 Å². The molecule has 0 spiro atoms. The molecule has 5 nitrogen and oxygen atoms in total. The van der Waals surface area contributed by atoms with Crippen molar-refractivity contribution in [2.24, 2.45) is 11.7 Å². The Kier molecular flexibility index (Phi) is 7.83. The van der Waals surface area contributed by atoms with E-state index in [1.165, 1.54) is 11.9 Å². The van der Waals surface area contributed by atoms with Gasteiger partial charge in [0.1, 0.15) is 11.4 Å². The number of hydrogen-bond acceptors (Lipinski definition) is 4. The van der Waals surface area contributed by atoms with Gasteiger partial charge in [0, 0.05) is 25.2 Å². The molecule has 2 N–H and O–H groups in total. The Balaban J connectivity index is 3.16. The van der Waals surface area contributed by atoms with Crippen LogP contribution in [-0.2, 0) is 20.7 Å². The predicted octanol–water partition coefficient (Wildman–Crippen LogP) is 2.80. The zero-order chi connectivity index (χ0) is 20.9. The fourth-order valence-corrected chi connectivity index (χ4v) is 2.50. The average molecular weight is 388 g/mol. The third kappa shape index (κ3) is 6.53. The van der Waals surface area contributed by atoms with Gasteiger partial charge in [-0.15, -0.1) is 0 Å². The zero-order valence-corrected chi connectivity index (χ0v) is 16.3. The number of benzene rings is 1. The van der Waals surface area contributed by atoms with Gasteiger partial charge in [-0.2, -0.15) is 0 Å². The largest absolute Gasteiger partial charge is 0.460 e. The molecule has 1 aromatic carbocycles. The number of esters is 1. The highest BCUT2D eigenvalue weighted by atomic mass is 19.2. The summed E-state index contributed by atoms with van der Waals surface area (Å²) in [6, 6.07) is 1.11. The van der Waals surface area contributed by atoms with E-state index < -0.39 is 59.3 Å². The fourth-order valence-electron chi connectivity index (χ4n) is 2.50. The summed E-state index contributed by atoms with van der Waals surface area (Å²) in [5, 5.41) is 0. The molecule has 0 heterocycles. The van der Waals surface area contributed by atoms with Gasteiger partial charge in [0.05, 0.1) is 12.3 Å². The van der Waals surface area contributed by atoms with Crippen molar-refractivity contribution in [3.8, 4) is 0 Å². The van der Waals surface area contributed by atoms with Crippen molar-refractivity contribution in [1.29, 1.82) is 0 Å². The standard InChI is InChI=1S/C19H27F3N2O3/c1-11(10-23)24(5)18(26)12(9-16(25)27-19(2,3)4)8-13-14(20)6-7-15(21)17(13)22/h6-7,11-12H,8-10,23H2,1-5H3/t11-,12+/m0/s1. The lowest BCUT2D eigenvalue weighted by atomic mass is 9.93. The quantitative estimate of drug-likeness (QED) is 0.576. The number of carbonyl (C=O) groups excluding carboxylic acids is 2. The minimum atomic E-state index is -1.37. The van der Waals surface area contributed by atoms with Crippen molar-refractivity contribution in [2.45, 2.75) is 52.2 Å². The molecular formula is C19H27F3N2O3. The third-order valence-corrected chi connectivity index (χ3v) is 4.12. The van der Waals surface area contributed by atoms with Gasteiger partial charge in [-0.1, -0.05) is 0 Å². The topological polar surface area (TPSA) is 72.6 Å². The average Bonchev–Trinajstić information content (AvgIpc) is 2.57. The Hall–Kier alpha value is -2.09. The van der Waals surface area contributed by atoms with Crippen LogP contribution < -0.4 is 5.73 Å². The second-order valence-corrected chi connectivity index (χ2v) is 7.55. The van der Waals surface area contributed by atoms with Gasteiger partial charge in [0.15, 0.2) is 11.6 Å². The van der Waals surface area contributed by atoms with Gasteiger partial charge in [0.25, 0.3) is 0 Å². The summed E-state index contributed by atoms with van der Waals surface area (Å²) in [6.45, 7) is 6.86. The van der Waals surface area contributed by atoms with Crippen LogP contribution in [0.3, 0.4) is 0 Å². The Labute approximate surface area is 157 Å². The first-order chi connectivity index (χ1) is 12.4. The summed E-state index contributed by atoms with van der Waals surface area (Å²) in [5.41, 5.74) is 4.20. The summed E-state index contributed by atoms with van der Waals surface area (Å²) in [5.74, 6) is -5.91. The van der Waals surface area contributed by atoms with E-state index in [0.29, 0.717) is 6.07 Å². The molecule has 0 aliphatic rings. The normalized spacial score (nSPS) is 13.8. The van der Waals surface area contributed by atoms with Crippen LogP contribution in [0.1, 0.15) is 39.7 Å². The van der Waals surface area contributed by atoms with Crippen molar-refractivity contribution in [2.75, 3.05) is 13.6 Å². The van der Waals surface area contributed by atoms with Crippen LogP contribution in [0.25, 0.3) is 0 Å². The Bertz CT molecular complexity index is 690. The first-order valence-corrected chi connectivity index (χ1v) is 8.68. The molecule has 0 radical (unpaired) electrons. The second kappa shape index (κ2) is 9.21. The maximum absolute atomic E-state index is 14.0. The third-order valence-electron chi connectivity index (χ3n) is 4.12. The van der Waals surface area contributed by atoms with Crippen LogP contribution in [-0.4, -0.2) is 42.0 Å². The van der Waals surface area contributed by atoms with Gasteiger partial charge >= 0.3 is 5.97 Å². The molecule has 1 amide bonds. The first-order valence-electron chi connectivity index (χ1n) is 8.68. The molecule has 0 unspecified atom stereocenters. The van der Waals surface area contributed by atoms with E-state index in [2.05, 4.69) is 0 Å². The lowest BCUT2D eigenvalue weighted by molar-refractivity contribution is -0.158. The second-order valence-electron chi connectivity index (χ2n) is 7.55. The number of nitrogens with zero attached hydrogens (tertiary/aromatic N) is 1. The molecule has 152 valence electrons. The zero-order valence-electron chi connectivity index (χ0n) is 16.3. The Morgan fingerprint density at radius 1 is 1.19 bits per heavy atom. The molecule has 0 fully saturated rings. The van der Waals surface area contributed by atoms with Crippen molar-refractivity contribution < 1.29 is 27.5 Å². The van der Waals surface area contributed by atoms with E-state index in [1.807, 2.05) is 0 Å². The van der Waals surface area contributed by atoms with Gasteiger partial charge in [-0.05, 0) is 46.2 Å². The van der Waals surface area contributed by atoms with Crippen LogP contribution in [0, 0.1) is 23.4 Å². The highest BCUT2D eigenvalue weighted by Crippen LogP contribution is 2.24. The molecule has 0 aromatic heterocycles. The number of halogens is 3. The van der Waals surface area contributed by atoms with Crippen molar-refractivity contribution in [3.63, 3.8) is 0 Å². The van der Waals surface area contributed by atoms with Gasteiger partial charge in [0.2, 0.25) is 5.91 Å². The summed E-state index contributed by atoms with van der Waals surface area (Å²) in [6.07, 6.45) is -0.873. The molecule has 1 rings (SSSR count). The highest BCUT2D eigenvalue weighted by Gasteiger charge is 2.31. The van der Waals surface area contributed by atoms with E-state index in [1.54, 1.807) is 27.7 Å². The lowest BCUT2D eigenvalue weighted by Crippen LogP contribution is -2.44. The van der Waals surface area contributed by atoms with E-state index in [4.69, 9.17) is 10.5 Å². The van der Waals surface area contributed by atoms with Gasteiger partial charge < -0.3 is 15.4 Å². The summed E-state index contributed by atoms with van der Waals surface area (Å²) >= 11 is 0. The maximum Gasteiger partial charge on any atom is 0.307 e. The number of nitrogens with two attached hydrogens (primary N) is 1. The number of likely N-dealkylation sites (N-methyl/N-ethyl adjacent to an activating group) is 1. The van der Waals surface area contributed by atoms with Crippen molar-refractivity contribution in [3.05, 3.63) is 35.1 Å². The number of ether oxygens (including phenoxy) is 1. The fraction of sp³-hybridized carbons (Fsp3) is 0.579. The molecule has 0 saturated carbocycles. The van der Waals surface area contributed by atoms with Crippen LogP contribution in [0.5, 0.6) is 0 Å². The molecule has 27 heavy (non-hydrogen) atoms. The van der Waals surface area contributed by atoms with Gasteiger partial charge in [-0.3, -0.25) is 9.59 Å². The monoisotopic (exact) mass is 388 g/mol. The molecule has 0 bridgehead atoms. The number of hydrogen-bond donors (Lipinski definition) is 1. The number of amides is 1. The van der Waals surface area contributed by atoms with Crippen molar-refractivity contribution in [1.82, 2.24) is 4.90 Å². The van der Waals surface area contributed by atoms with Gasteiger partial charge in [-0.25, -0.2) is 13.2 Å². The summed E-state index contributed by atoms with van der Waals surface area (Å²) < 4.78 is 46.8.